The zero-order valence-corrected chi connectivity index (χ0v) is 9.28. The molecule has 1 saturated heterocycles. The van der Waals surface area contributed by atoms with Gasteiger partial charge in [0, 0.05) is 5.56 Å². The Labute approximate surface area is 94.3 Å². The van der Waals surface area contributed by atoms with Crippen molar-refractivity contribution < 1.29 is 8.78 Å². The van der Waals surface area contributed by atoms with Crippen LogP contribution in [0.4, 0.5) is 8.78 Å². The molecule has 0 aliphatic carbocycles. The summed E-state index contributed by atoms with van der Waals surface area (Å²) in [6.07, 6.45) is -0.565. The average molecular weight is 234 g/mol. The van der Waals surface area contributed by atoms with Gasteiger partial charge in [-0.05, 0) is 26.0 Å². The van der Waals surface area contributed by atoms with E-state index in [1.165, 1.54) is 6.07 Å². The van der Waals surface area contributed by atoms with Gasteiger partial charge in [-0.25, -0.2) is 8.78 Å². The smallest absolute Gasteiger partial charge is 0.128 e. The quantitative estimate of drug-likeness (QED) is 0.787. The number of halogens is 3. The van der Waals surface area contributed by atoms with E-state index in [4.69, 9.17) is 0 Å². The second kappa shape index (κ2) is 4.45. The fourth-order valence-electron chi connectivity index (χ4n) is 2.00. The van der Waals surface area contributed by atoms with Gasteiger partial charge < -0.3 is 5.32 Å². The largest absolute Gasteiger partial charge is 0.305 e. The summed E-state index contributed by atoms with van der Waals surface area (Å²) in [5.41, 5.74) is -0.435. The summed E-state index contributed by atoms with van der Waals surface area (Å²) in [5.74, 6) is -0.341. The summed E-state index contributed by atoms with van der Waals surface area (Å²) in [4.78, 5) is 0. The SMILES string of the molecule is CC1(c2ccccc2F)NCCC1F.Cl. The molecule has 84 valence electrons. The third-order valence-electron chi connectivity index (χ3n) is 2.95. The molecule has 1 aromatic carbocycles. The zero-order valence-electron chi connectivity index (χ0n) is 8.47. The molecule has 0 bridgehead atoms. The van der Waals surface area contributed by atoms with Crippen LogP contribution in [-0.2, 0) is 5.54 Å². The number of alkyl halides is 1. The van der Waals surface area contributed by atoms with E-state index < -0.39 is 11.7 Å². The molecule has 15 heavy (non-hydrogen) atoms. The number of hydrogen-bond acceptors (Lipinski definition) is 1. The van der Waals surface area contributed by atoms with Gasteiger partial charge >= 0.3 is 0 Å². The molecule has 2 rings (SSSR count). The number of nitrogens with one attached hydrogen (secondary N) is 1. The maximum atomic E-state index is 13.6. The highest BCUT2D eigenvalue weighted by atomic mass is 35.5. The molecule has 1 heterocycles. The van der Waals surface area contributed by atoms with Crippen molar-refractivity contribution >= 4 is 12.4 Å². The van der Waals surface area contributed by atoms with Crippen molar-refractivity contribution in [2.45, 2.75) is 25.1 Å². The molecule has 1 N–H and O–H groups in total. The van der Waals surface area contributed by atoms with Crippen LogP contribution in [0.5, 0.6) is 0 Å². The molecule has 0 aromatic heterocycles. The van der Waals surface area contributed by atoms with Crippen LogP contribution >= 0.6 is 12.4 Å². The Balaban J connectivity index is 0.00000112. The normalized spacial score (nSPS) is 29.9. The van der Waals surface area contributed by atoms with E-state index in [1.807, 2.05) is 0 Å². The van der Waals surface area contributed by atoms with E-state index in [1.54, 1.807) is 25.1 Å². The summed E-state index contributed by atoms with van der Waals surface area (Å²) in [5, 5.41) is 3.02. The van der Waals surface area contributed by atoms with Gasteiger partial charge in [0.15, 0.2) is 0 Å². The van der Waals surface area contributed by atoms with E-state index in [2.05, 4.69) is 5.32 Å². The van der Waals surface area contributed by atoms with Crippen LogP contribution < -0.4 is 5.32 Å². The Bertz CT molecular complexity index is 345. The molecule has 1 aromatic rings. The third-order valence-corrected chi connectivity index (χ3v) is 2.95. The van der Waals surface area contributed by atoms with Crippen molar-refractivity contribution in [3.63, 3.8) is 0 Å². The van der Waals surface area contributed by atoms with Gasteiger partial charge in [-0.15, -0.1) is 12.4 Å². The van der Waals surface area contributed by atoms with Crippen molar-refractivity contribution in [2.75, 3.05) is 6.54 Å². The molecule has 2 unspecified atom stereocenters. The summed E-state index contributed by atoms with van der Waals surface area (Å²) in [6, 6.07) is 6.36. The topological polar surface area (TPSA) is 12.0 Å². The minimum atomic E-state index is -1.01. The highest BCUT2D eigenvalue weighted by molar-refractivity contribution is 5.85. The van der Waals surface area contributed by atoms with Crippen LogP contribution in [0.1, 0.15) is 18.9 Å². The van der Waals surface area contributed by atoms with Crippen molar-refractivity contribution in [3.05, 3.63) is 35.6 Å². The second-order valence-corrected chi connectivity index (χ2v) is 3.87. The fourth-order valence-corrected chi connectivity index (χ4v) is 2.00. The molecule has 2 atom stereocenters. The van der Waals surface area contributed by atoms with E-state index >= 15 is 0 Å². The average Bonchev–Trinajstić information content (AvgIpc) is 2.49. The van der Waals surface area contributed by atoms with E-state index in [9.17, 15) is 8.78 Å². The number of benzene rings is 1. The second-order valence-electron chi connectivity index (χ2n) is 3.87. The van der Waals surface area contributed by atoms with Crippen LogP contribution in [0, 0.1) is 5.82 Å². The molecule has 0 amide bonds. The maximum Gasteiger partial charge on any atom is 0.128 e. The van der Waals surface area contributed by atoms with Crippen LogP contribution in [-0.4, -0.2) is 12.7 Å². The van der Waals surface area contributed by atoms with Gasteiger partial charge in [-0.1, -0.05) is 18.2 Å². The first-order chi connectivity index (χ1) is 6.64. The van der Waals surface area contributed by atoms with Crippen LogP contribution in [0.25, 0.3) is 0 Å². The van der Waals surface area contributed by atoms with Gasteiger partial charge in [-0.2, -0.15) is 0 Å². The first kappa shape index (κ1) is 12.4. The highest BCUT2D eigenvalue weighted by Gasteiger charge is 2.41. The Morgan fingerprint density at radius 1 is 1.40 bits per heavy atom. The Kier molecular flexibility index (Phi) is 3.68. The van der Waals surface area contributed by atoms with E-state index in [0.29, 0.717) is 18.5 Å². The van der Waals surface area contributed by atoms with E-state index in [-0.39, 0.29) is 18.2 Å². The monoisotopic (exact) mass is 233 g/mol. The molecular formula is C11H14ClF2N. The van der Waals surface area contributed by atoms with Gasteiger partial charge in [0.2, 0.25) is 0 Å². The van der Waals surface area contributed by atoms with Gasteiger partial charge in [0.05, 0.1) is 5.54 Å². The lowest BCUT2D eigenvalue weighted by Crippen LogP contribution is -2.40. The maximum absolute atomic E-state index is 13.6. The van der Waals surface area contributed by atoms with Crippen molar-refractivity contribution in [1.82, 2.24) is 5.32 Å². The fraction of sp³-hybridized carbons (Fsp3) is 0.455. The molecular weight excluding hydrogens is 220 g/mol. The first-order valence-corrected chi connectivity index (χ1v) is 4.79. The summed E-state index contributed by atoms with van der Waals surface area (Å²) >= 11 is 0. The molecule has 1 aliphatic heterocycles. The van der Waals surface area contributed by atoms with Gasteiger partial charge in [0.25, 0.3) is 0 Å². The molecule has 4 heteroatoms. The van der Waals surface area contributed by atoms with Gasteiger partial charge in [0.1, 0.15) is 12.0 Å². The molecule has 1 nitrogen and oxygen atoms in total. The summed E-state index contributed by atoms with van der Waals surface area (Å²) < 4.78 is 27.1. The molecule has 0 radical (unpaired) electrons. The third kappa shape index (κ3) is 1.99. The van der Waals surface area contributed by atoms with Crippen molar-refractivity contribution in [3.8, 4) is 0 Å². The Morgan fingerprint density at radius 2 is 2.07 bits per heavy atom. The summed E-state index contributed by atoms with van der Waals surface area (Å²) in [6.45, 7) is 2.31. The van der Waals surface area contributed by atoms with Crippen LogP contribution in [0.2, 0.25) is 0 Å². The van der Waals surface area contributed by atoms with Crippen molar-refractivity contribution in [1.29, 1.82) is 0 Å². The Morgan fingerprint density at radius 3 is 2.60 bits per heavy atom. The minimum Gasteiger partial charge on any atom is -0.305 e. The molecule has 0 spiro atoms. The lowest BCUT2D eigenvalue weighted by molar-refractivity contribution is 0.214. The number of hydrogen-bond donors (Lipinski definition) is 1. The predicted molar refractivity (Wildman–Crippen MR) is 58.5 cm³/mol. The standard InChI is InChI=1S/C11H13F2N.ClH/c1-11(10(13)6-7-14-11)8-4-2-3-5-9(8)12;/h2-5,10,14H,6-7H2,1H3;1H. The van der Waals surface area contributed by atoms with Gasteiger partial charge in [-0.3, -0.25) is 0 Å². The number of rotatable bonds is 1. The molecule has 1 aliphatic rings. The van der Waals surface area contributed by atoms with E-state index in [0.717, 1.165) is 0 Å². The predicted octanol–water partition coefficient (Wildman–Crippen LogP) is 2.79. The van der Waals surface area contributed by atoms with Crippen LogP contribution in [0.3, 0.4) is 0 Å². The van der Waals surface area contributed by atoms with Crippen LogP contribution in [0.15, 0.2) is 24.3 Å². The molecule has 0 saturated carbocycles. The Hall–Kier alpha value is -0.670. The zero-order chi connectivity index (χ0) is 10.2. The summed E-state index contributed by atoms with van der Waals surface area (Å²) in [7, 11) is 0. The minimum absolute atomic E-state index is 0. The lowest BCUT2D eigenvalue weighted by atomic mass is 9.89. The molecule has 1 fully saturated rings. The lowest BCUT2D eigenvalue weighted by Gasteiger charge is -2.27. The van der Waals surface area contributed by atoms with Crippen molar-refractivity contribution in [2.24, 2.45) is 0 Å². The first-order valence-electron chi connectivity index (χ1n) is 4.79. The highest BCUT2D eigenvalue weighted by Crippen LogP contribution is 2.34.